The Morgan fingerprint density at radius 3 is 1.09 bits per heavy atom. The minimum atomic E-state index is -1.55. The van der Waals surface area contributed by atoms with Gasteiger partial charge in [0, 0.05) is 24.5 Å². The molecule has 2 aliphatic rings. The minimum absolute atomic E-state index is 0.384. The Labute approximate surface area is 269 Å². The van der Waals surface area contributed by atoms with Crippen molar-refractivity contribution in [2.75, 3.05) is 24.6 Å². The smallest absolute Gasteiger partial charge is 0.0925 e. The molecule has 0 fully saturated rings. The van der Waals surface area contributed by atoms with Crippen LogP contribution in [0, 0.1) is 0 Å². The number of nitrogens with zero attached hydrogens (tertiary/aromatic N) is 2. The highest BCUT2D eigenvalue weighted by Gasteiger charge is 2.22. The topological polar surface area (TPSA) is 350 Å². The van der Waals surface area contributed by atoms with Crippen molar-refractivity contribution in [1.29, 1.82) is 0 Å². The first-order chi connectivity index (χ1) is 21.7. The number of aromatic amines is 2. The lowest BCUT2D eigenvalue weighted by Gasteiger charge is -2.18. The Morgan fingerprint density at radius 1 is 0.609 bits per heavy atom. The second-order valence-corrected chi connectivity index (χ2v) is 10.8. The van der Waals surface area contributed by atoms with Gasteiger partial charge >= 0.3 is 0 Å². The highest BCUT2D eigenvalue weighted by Crippen LogP contribution is 2.34. The monoisotopic (exact) mass is 680 g/mol. The van der Waals surface area contributed by atoms with Crippen molar-refractivity contribution in [3.05, 3.63) is 71.9 Å². The molecule has 0 spiro atoms. The number of carboxylic acids is 6. The fourth-order valence-electron chi connectivity index (χ4n) is 3.15. The Hall–Kier alpha value is -4.92. The predicted octanol–water partition coefficient (Wildman–Crippen LogP) is -7.48. The summed E-state index contributed by atoms with van der Waals surface area (Å²) in [5.74, 6) is -6.95. The van der Waals surface area contributed by atoms with E-state index in [1.165, 1.54) is 22.8 Å². The molecule has 2 aliphatic heterocycles. The summed E-state index contributed by atoms with van der Waals surface area (Å²) in [7, 11) is 0. The average Bonchev–Trinajstić information content (AvgIpc) is 3.69. The first-order valence-corrected chi connectivity index (χ1v) is 14.8. The third kappa shape index (κ3) is 19.4. The molecule has 4 heterocycles. The number of carbonyl (C=O) groups excluding carboxylic acids is 6. The minimum Gasteiger partial charge on any atom is -0.545 e. The summed E-state index contributed by atoms with van der Waals surface area (Å²) >= 11 is 3.81. The van der Waals surface area contributed by atoms with Crippen molar-refractivity contribution in [3.8, 4) is 0 Å². The number of rotatable bonds is 8. The molecule has 20 heteroatoms. The summed E-state index contributed by atoms with van der Waals surface area (Å²) in [5, 5.41) is 57.3. The lowest BCUT2D eigenvalue weighted by atomic mass is 10.2. The van der Waals surface area contributed by atoms with Gasteiger partial charge in [-0.3, -0.25) is 0 Å². The maximum Gasteiger partial charge on any atom is 0.0925 e. The van der Waals surface area contributed by atoms with Crippen LogP contribution in [0.5, 0.6) is 0 Å². The van der Waals surface area contributed by atoms with Gasteiger partial charge in [0.2, 0.25) is 0 Å². The lowest BCUT2D eigenvalue weighted by molar-refractivity contribution is -0.301. The summed E-state index contributed by atoms with van der Waals surface area (Å²) in [4.78, 5) is 71.3. The Balaban J connectivity index is 0.000000557. The quantitative estimate of drug-likeness (QED) is 0.188. The molecule has 0 saturated heterocycles. The number of carboxylic acid groups (broad SMARTS) is 6. The van der Waals surface area contributed by atoms with Crippen LogP contribution in [0.2, 0.25) is 0 Å². The number of aliphatic carboxylic acids is 6. The summed E-state index contributed by atoms with van der Waals surface area (Å²) in [5.41, 5.74) is 16.1. The number of hydrogen-bond donors (Lipinski definition) is 4. The molecule has 2 aromatic rings. The number of nitrogens with two attached hydrogens (primary N) is 2. The standard InChI is InChI=1S/2C7H11N3S.3C4H4O4/c2*8-3-6-7-5(1-2-11-6)9-4-10-7;3*5-3(6)1-2-4(7)8/h2*4,6H,1-3,8H2,(H,9,10);3*1-2H,(H,5,6)(H,7,8)/p-6/b;;3*2-1+. The van der Waals surface area contributed by atoms with E-state index >= 15 is 0 Å². The van der Waals surface area contributed by atoms with Crippen LogP contribution < -0.4 is 42.1 Å². The number of nitrogens with one attached hydrogen (secondary N) is 2. The molecular weight excluding hydrogens is 652 g/mol. The first kappa shape index (κ1) is 41.1. The second kappa shape index (κ2) is 23.5. The van der Waals surface area contributed by atoms with Crippen LogP contribution in [-0.4, -0.2) is 80.3 Å². The fourth-order valence-corrected chi connectivity index (χ4v) is 5.36. The second-order valence-electron chi connectivity index (χ2n) is 8.14. The molecule has 6 N–H and O–H groups in total. The Morgan fingerprint density at radius 2 is 0.870 bits per heavy atom. The molecule has 0 amide bonds. The third-order valence-corrected chi connectivity index (χ3v) is 7.47. The van der Waals surface area contributed by atoms with E-state index in [1.54, 1.807) is 12.7 Å². The van der Waals surface area contributed by atoms with Gasteiger partial charge in [0.05, 0.1) is 70.4 Å². The summed E-state index contributed by atoms with van der Waals surface area (Å²) in [6.45, 7) is 1.39. The van der Waals surface area contributed by atoms with Crippen LogP contribution in [0.1, 0.15) is 33.3 Å². The normalized spacial score (nSPS) is 16.0. The number of aromatic nitrogens is 4. The number of aryl methyl sites for hydroxylation is 2. The van der Waals surface area contributed by atoms with Crippen molar-refractivity contribution >= 4 is 59.3 Å². The van der Waals surface area contributed by atoms with Gasteiger partial charge in [-0.25, -0.2) is 9.97 Å². The molecule has 2 aromatic heterocycles. The van der Waals surface area contributed by atoms with E-state index in [2.05, 4.69) is 19.9 Å². The molecule has 0 bridgehead atoms. The number of carbonyl (C=O) groups is 6. The van der Waals surface area contributed by atoms with Crippen LogP contribution in [0.25, 0.3) is 0 Å². The summed E-state index contributed by atoms with van der Waals surface area (Å²) in [6.07, 6.45) is 8.05. The van der Waals surface area contributed by atoms with Crippen molar-refractivity contribution in [1.82, 2.24) is 19.9 Å². The van der Waals surface area contributed by atoms with E-state index in [9.17, 15) is 59.4 Å². The number of imidazole rings is 2. The van der Waals surface area contributed by atoms with Crippen LogP contribution in [0.15, 0.2) is 49.1 Å². The van der Waals surface area contributed by atoms with Crippen molar-refractivity contribution in [3.63, 3.8) is 0 Å². The number of H-pyrrole nitrogens is 2. The third-order valence-electron chi connectivity index (χ3n) is 4.95. The largest absolute Gasteiger partial charge is 0.545 e. The maximum absolute atomic E-state index is 9.41. The van der Waals surface area contributed by atoms with Gasteiger partial charge < -0.3 is 80.8 Å². The van der Waals surface area contributed by atoms with E-state index in [-0.39, 0.29) is 0 Å². The SMILES string of the molecule is NCC1SCCc2[nH]cnc21.NCC1SCCc2[nH]cnc21.O=C([O-])/C=C/C(=O)[O-].O=C([O-])/C=C/C(=O)[O-].O=C([O-])/C=C/C(=O)[O-]. The molecule has 18 nitrogen and oxygen atoms in total. The van der Waals surface area contributed by atoms with Crippen LogP contribution in [0.4, 0.5) is 0 Å². The van der Waals surface area contributed by atoms with E-state index in [0.29, 0.717) is 60.0 Å². The van der Waals surface area contributed by atoms with Gasteiger partial charge in [-0.15, -0.1) is 0 Å². The molecule has 2 unspecified atom stereocenters. The highest BCUT2D eigenvalue weighted by atomic mass is 32.2. The molecule has 0 radical (unpaired) electrons. The van der Waals surface area contributed by atoms with Crippen molar-refractivity contribution in [2.45, 2.75) is 23.3 Å². The molecular formula is C26H28N6O12S2-6. The molecule has 252 valence electrons. The highest BCUT2D eigenvalue weighted by molar-refractivity contribution is 7.99. The molecule has 4 rings (SSSR count). The van der Waals surface area contributed by atoms with Gasteiger partial charge in [-0.05, 0) is 60.8 Å². The van der Waals surface area contributed by atoms with E-state index < -0.39 is 35.8 Å². The number of hydrogen-bond acceptors (Lipinski definition) is 18. The van der Waals surface area contributed by atoms with Crippen LogP contribution >= 0.6 is 23.5 Å². The van der Waals surface area contributed by atoms with Gasteiger partial charge in [0.15, 0.2) is 0 Å². The van der Waals surface area contributed by atoms with Crippen LogP contribution in [0.3, 0.4) is 0 Å². The van der Waals surface area contributed by atoms with Gasteiger partial charge in [0.1, 0.15) is 0 Å². The fraction of sp³-hybridized carbons (Fsp3) is 0.308. The molecule has 2 atom stereocenters. The Kier molecular flexibility index (Phi) is 21.0. The zero-order valence-corrected chi connectivity index (χ0v) is 25.4. The Bertz CT molecular complexity index is 1210. The summed E-state index contributed by atoms with van der Waals surface area (Å²) < 4.78 is 0. The van der Waals surface area contributed by atoms with E-state index in [4.69, 9.17) is 11.5 Å². The molecule has 0 saturated carbocycles. The lowest BCUT2D eigenvalue weighted by Crippen LogP contribution is -2.23. The maximum atomic E-state index is 9.41. The molecule has 46 heavy (non-hydrogen) atoms. The van der Waals surface area contributed by atoms with E-state index in [1.807, 2.05) is 23.5 Å². The van der Waals surface area contributed by atoms with Crippen molar-refractivity contribution < 1.29 is 59.4 Å². The first-order valence-electron chi connectivity index (χ1n) is 12.7. The number of fused-ring (bicyclic) bond motifs is 2. The zero-order chi connectivity index (χ0) is 35.1. The molecule has 0 aromatic carbocycles. The van der Waals surface area contributed by atoms with Gasteiger partial charge in [0.25, 0.3) is 0 Å². The van der Waals surface area contributed by atoms with Gasteiger partial charge in [-0.1, -0.05) is 0 Å². The summed E-state index contributed by atoms with van der Waals surface area (Å²) in [6, 6.07) is 0. The predicted molar refractivity (Wildman–Crippen MR) is 151 cm³/mol. The van der Waals surface area contributed by atoms with Gasteiger partial charge in [-0.2, -0.15) is 23.5 Å². The van der Waals surface area contributed by atoms with Crippen LogP contribution in [-0.2, 0) is 41.6 Å². The van der Waals surface area contributed by atoms with Crippen molar-refractivity contribution in [2.24, 2.45) is 11.5 Å². The van der Waals surface area contributed by atoms with E-state index in [0.717, 1.165) is 24.3 Å². The molecule has 0 aliphatic carbocycles. The average molecular weight is 681 g/mol. The zero-order valence-electron chi connectivity index (χ0n) is 23.8. The number of thioether (sulfide) groups is 2.